The second kappa shape index (κ2) is 5.67. The molecule has 0 aliphatic rings. The van der Waals surface area contributed by atoms with Crippen LogP contribution in [-0.4, -0.2) is 17.6 Å². The van der Waals surface area contributed by atoms with Crippen molar-refractivity contribution in [2.24, 2.45) is 0 Å². The zero-order valence-electron chi connectivity index (χ0n) is 11.5. The predicted molar refractivity (Wildman–Crippen MR) is 84.2 cm³/mol. The van der Waals surface area contributed by atoms with Gasteiger partial charge in [0.1, 0.15) is 12.3 Å². The fourth-order valence-electron chi connectivity index (χ4n) is 2.41. The molecule has 0 bridgehead atoms. The third-order valence-corrected chi connectivity index (χ3v) is 3.30. The van der Waals surface area contributed by atoms with Crippen LogP contribution in [0.15, 0.2) is 67.3 Å². The van der Waals surface area contributed by atoms with Crippen molar-refractivity contribution < 1.29 is 9.53 Å². The number of fused-ring (bicyclic) bond motifs is 1. The standard InChI is InChI=1S/C18H15NO2/c1-2-12-21-18(20)17-16(13-8-4-3-5-9-13)14-10-6-7-11-15(14)19-17/h2-11,19H,1,12H2. The number of para-hydroxylation sites is 1. The third-order valence-electron chi connectivity index (χ3n) is 3.30. The van der Waals surface area contributed by atoms with Crippen molar-refractivity contribution in [1.82, 2.24) is 4.98 Å². The van der Waals surface area contributed by atoms with Crippen LogP contribution in [0.5, 0.6) is 0 Å². The molecule has 0 atom stereocenters. The largest absolute Gasteiger partial charge is 0.457 e. The molecule has 0 aliphatic carbocycles. The van der Waals surface area contributed by atoms with E-state index in [0.717, 1.165) is 22.0 Å². The SMILES string of the molecule is C=CCOC(=O)c1[nH]c2ccccc2c1-c1ccccc1. The minimum Gasteiger partial charge on any atom is -0.457 e. The molecule has 0 unspecified atom stereocenters. The molecule has 1 N–H and O–H groups in total. The molecule has 0 saturated heterocycles. The summed E-state index contributed by atoms with van der Waals surface area (Å²) in [4.78, 5) is 15.4. The number of carbonyl (C=O) groups excluding carboxylic acids is 1. The van der Waals surface area contributed by atoms with Gasteiger partial charge in [0.2, 0.25) is 0 Å². The maximum Gasteiger partial charge on any atom is 0.355 e. The Kier molecular flexibility index (Phi) is 3.56. The molecule has 21 heavy (non-hydrogen) atoms. The van der Waals surface area contributed by atoms with E-state index in [1.807, 2.05) is 54.6 Å². The van der Waals surface area contributed by atoms with Gasteiger partial charge in [-0.05, 0) is 11.6 Å². The lowest BCUT2D eigenvalue weighted by atomic mass is 10.0. The zero-order valence-corrected chi connectivity index (χ0v) is 11.5. The maximum absolute atomic E-state index is 12.3. The lowest BCUT2D eigenvalue weighted by Gasteiger charge is -2.05. The fraction of sp³-hybridized carbons (Fsp3) is 0.0556. The Morgan fingerprint density at radius 3 is 2.57 bits per heavy atom. The lowest BCUT2D eigenvalue weighted by Crippen LogP contribution is -2.06. The first-order chi connectivity index (χ1) is 10.3. The van der Waals surface area contributed by atoms with Gasteiger partial charge < -0.3 is 9.72 Å². The number of nitrogens with one attached hydrogen (secondary N) is 1. The highest BCUT2D eigenvalue weighted by atomic mass is 16.5. The molecule has 2 aromatic carbocycles. The summed E-state index contributed by atoms with van der Waals surface area (Å²) in [5.74, 6) is -0.370. The number of hydrogen-bond donors (Lipinski definition) is 1. The molecular formula is C18H15NO2. The summed E-state index contributed by atoms with van der Waals surface area (Å²) in [6.45, 7) is 3.76. The second-order valence-electron chi connectivity index (χ2n) is 4.67. The number of ether oxygens (including phenoxy) is 1. The molecule has 104 valence electrons. The van der Waals surface area contributed by atoms with Crippen LogP contribution >= 0.6 is 0 Å². The van der Waals surface area contributed by atoms with Crippen LogP contribution in [0.3, 0.4) is 0 Å². The molecular weight excluding hydrogens is 262 g/mol. The third kappa shape index (κ3) is 2.46. The van der Waals surface area contributed by atoms with Gasteiger partial charge in [0.15, 0.2) is 0 Å². The minimum absolute atomic E-state index is 0.197. The molecule has 3 aromatic rings. The van der Waals surface area contributed by atoms with E-state index in [1.54, 1.807) is 6.08 Å². The molecule has 0 fully saturated rings. The Morgan fingerprint density at radius 1 is 1.10 bits per heavy atom. The number of aromatic nitrogens is 1. The second-order valence-corrected chi connectivity index (χ2v) is 4.67. The van der Waals surface area contributed by atoms with E-state index in [-0.39, 0.29) is 12.6 Å². The van der Waals surface area contributed by atoms with Crippen molar-refractivity contribution in [2.45, 2.75) is 0 Å². The molecule has 1 aromatic heterocycles. The molecule has 0 saturated carbocycles. The van der Waals surface area contributed by atoms with Gasteiger partial charge in [-0.1, -0.05) is 61.2 Å². The number of esters is 1. The Balaban J connectivity index is 2.19. The summed E-state index contributed by atoms with van der Waals surface area (Å²) in [6, 6.07) is 17.7. The molecule has 3 heteroatoms. The summed E-state index contributed by atoms with van der Waals surface area (Å²) < 4.78 is 5.18. The maximum atomic E-state index is 12.3. The van der Waals surface area contributed by atoms with Crippen LogP contribution < -0.4 is 0 Å². The van der Waals surface area contributed by atoms with E-state index in [2.05, 4.69) is 11.6 Å². The first kappa shape index (κ1) is 13.2. The number of rotatable bonds is 4. The van der Waals surface area contributed by atoms with Crippen molar-refractivity contribution >= 4 is 16.9 Å². The number of H-pyrrole nitrogens is 1. The van der Waals surface area contributed by atoms with Crippen molar-refractivity contribution in [2.75, 3.05) is 6.61 Å². The Morgan fingerprint density at radius 2 is 1.81 bits per heavy atom. The molecule has 0 amide bonds. The Bertz CT molecular complexity index is 787. The van der Waals surface area contributed by atoms with Crippen molar-refractivity contribution in [1.29, 1.82) is 0 Å². The van der Waals surface area contributed by atoms with E-state index in [0.29, 0.717) is 5.69 Å². The quantitative estimate of drug-likeness (QED) is 0.574. The highest BCUT2D eigenvalue weighted by Gasteiger charge is 2.19. The van der Waals surface area contributed by atoms with Gasteiger partial charge in [-0.3, -0.25) is 0 Å². The van der Waals surface area contributed by atoms with Crippen LogP contribution in [-0.2, 0) is 4.74 Å². The first-order valence-electron chi connectivity index (χ1n) is 6.75. The zero-order chi connectivity index (χ0) is 14.7. The van der Waals surface area contributed by atoms with Gasteiger partial charge in [-0.15, -0.1) is 0 Å². The van der Waals surface area contributed by atoms with E-state index in [9.17, 15) is 4.79 Å². The number of benzene rings is 2. The molecule has 0 radical (unpaired) electrons. The molecule has 1 heterocycles. The highest BCUT2D eigenvalue weighted by Crippen LogP contribution is 2.32. The van der Waals surface area contributed by atoms with Crippen LogP contribution in [0.4, 0.5) is 0 Å². The van der Waals surface area contributed by atoms with Crippen molar-refractivity contribution in [3.63, 3.8) is 0 Å². The summed E-state index contributed by atoms with van der Waals surface area (Å²) in [7, 11) is 0. The van der Waals surface area contributed by atoms with Crippen LogP contribution in [0.2, 0.25) is 0 Å². The predicted octanol–water partition coefficient (Wildman–Crippen LogP) is 4.18. The van der Waals surface area contributed by atoms with E-state index >= 15 is 0 Å². The molecule has 3 rings (SSSR count). The summed E-state index contributed by atoms with van der Waals surface area (Å²) >= 11 is 0. The fourth-order valence-corrected chi connectivity index (χ4v) is 2.41. The van der Waals surface area contributed by atoms with E-state index in [4.69, 9.17) is 4.74 Å². The van der Waals surface area contributed by atoms with Gasteiger partial charge in [0.05, 0.1) is 0 Å². The number of aromatic amines is 1. The van der Waals surface area contributed by atoms with Gasteiger partial charge in [-0.25, -0.2) is 4.79 Å². The van der Waals surface area contributed by atoms with Gasteiger partial charge >= 0.3 is 5.97 Å². The summed E-state index contributed by atoms with van der Waals surface area (Å²) in [6.07, 6.45) is 1.56. The average molecular weight is 277 g/mol. The van der Waals surface area contributed by atoms with Crippen LogP contribution in [0, 0.1) is 0 Å². The van der Waals surface area contributed by atoms with Gasteiger partial charge in [0, 0.05) is 16.5 Å². The number of carbonyl (C=O) groups is 1. The van der Waals surface area contributed by atoms with Crippen LogP contribution in [0.25, 0.3) is 22.0 Å². The monoisotopic (exact) mass is 277 g/mol. The average Bonchev–Trinajstić information content (AvgIpc) is 2.93. The Labute approximate surface area is 122 Å². The minimum atomic E-state index is -0.370. The van der Waals surface area contributed by atoms with Gasteiger partial charge in [0.25, 0.3) is 0 Å². The molecule has 0 spiro atoms. The lowest BCUT2D eigenvalue weighted by molar-refractivity contribution is 0.0545. The smallest absolute Gasteiger partial charge is 0.355 e. The summed E-state index contributed by atoms with van der Waals surface area (Å²) in [5.41, 5.74) is 3.26. The van der Waals surface area contributed by atoms with Gasteiger partial charge in [-0.2, -0.15) is 0 Å². The first-order valence-corrected chi connectivity index (χ1v) is 6.75. The molecule has 3 nitrogen and oxygen atoms in total. The number of hydrogen-bond acceptors (Lipinski definition) is 2. The van der Waals surface area contributed by atoms with Crippen LogP contribution in [0.1, 0.15) is 10.5 Å². The van der Waals surface area contributed by atoms with E-state index in [1.165, 1.54) is 0 Å². The van der Waals surface area contributed by atoms with Crippen molar-refractivity contribution in [3.05, 3.63) is 72.9 Å². The van der Waals surface area contributed by atoms with Crippen molar-refractivity contribution in [3.8, 4) is 11.1 Å². The molecule has 0 aliphatic heterocycles. The normalized spacial score (nSPS) is 10.5. The highest BCUT2D eigenvalue weighted by molar-refractivity contribution is 6.07. The summed E-state index contributed by atoms with van der Waals surface area (Å²) in [5, 5.41) is 1.01. The van der Waals surface area contributed by atoms with E-state index < -0.39 is 0 Å². The topological polar surface area (TPSA) is 42.1 Å². The Hall–Kier alpha value is -2.81.